The summed E-state index contributed by atoms with van der Waals surface area (Å²) >= 11 is 6.70. The molecule has 3 rings (SSSR count). The number of hydrogen-bond acceptors (Lipinski definition) is 3. The minimum absolute atomic E-state index is 0.194. The number of phenols is 1. The Balaban J connectivity index is 2.40. The highest BCUT2D eigenvalue weighted by Crippen LogP contribution is 2.36. The zero-order valence-corrected chi connectivity index (χ0v) is 14.5. The van der Waals surface area contributed by atoms with Crippen LogP contribution in [0.4, 0.5) is 0 Å². The lowest BCUT2D eigenvalue weighted by atomic mass is 10.0. The van der Waals surface area contributed by atoms with Crippen LogP contribution in [-0.4, -0.2) is 19.9 Å². The number of hydrogen-bond donors (Lipinski definition) is 1. The molecule has 23 heavy (non-hydrogen) atoms. The first-order chi connectivity index (χ1) is 10.9. The average molecular weight is 330 g/mol. The molecule has 0 spiro atoms. The second-order valence-electron chi connectivity index (χ2n) is 5.98. The summed E-state index contributed by atoms with van der Waals surface area (Å²) in [6.07, 6.45) is 0.763. The Morgan fingerprint density at radius 3 is 2.65 bits per heavy atom. The monoisotopic (exact) mass is 329 g/mol. The third-order valence-corrected chi connectivity index (χ3v) is 4.43. The Hall–Kier alpha value is -2.07. The van der Waals surface area contributed by atoms with Gasteiger partial charge in [-0.25, -0.2) is 9.67 Å². The maximum Gasteiger partial charge on any atom is 0.160 e. The summed E-state index contributed by atoms with van der Waals surface area (Å²) in [5, 5.41) is 16.0. The standard InChI is InChI=1S/C18H20ClN3O/c1-5-14-16(19)15-11(4)21-22(10(2)3)18(15)20-17(14)12-7-6-8-13(23)9-12/h6-10,23H,5H2,1-4H3. The van der Waals surface area contributed by atoms with Crippen LogP contribution in [0.3, 0.4) is 0 Å². The van der Waals surface area contributed by atoms with E-state index >= 15 is 0 Å². The van der Waals surface area contributed by atoms with Crippen LogP contribution in [0.15, 0.2) is 24.3 Å². The van der Waals surface area contributed by atoms with Crippen molar-refractivity contribution in [2.45, 2.75) is 40.2 Å². The van der Waals surface area contributed by atoms with Crippen LogP contribution in [0.5, 0.6) is 5.75 Å². The maximum absolute atomic E-state index is 9.79. The number of pyridine rings is 1. The molecular formula is C18H20ClN3O. The number of benzene rings is 1. The molecule has 0 unspecified atom stereocenters. The van der Waals surface area contributed by atoms with Crippen LogP contribution < -0.4 is 0 Å². The average Bonchev–Trinajstić information content (AvgIpc) is 2.84. The Kier molecular flexibility index (Phi) is 4.02. The molecule has 0 saturated carbocycles. The highest BCUT2D eigenvalue weighted by molar-refractivity contribution is 6.36. The Labute approximate surface area is 140 Å². The zero-order chi connectivity index (χ0) is 16.7. The number of rotatable bonds is 3. The molecule has 1 aromatic carbocycles. The minimum Gasteiger partial charge on any atom is -0.508 e. The molecule has 0 aliphatic rings. The first-order valence-corrected chi connectivity index (χ1v) is 8.18. The lowest BCUT2D eigenvalue weighted by Gasteiger charge is -2.13. The van der Waals surface area contributed by atoms with Gasteiger partial charge in [0.25, 0.3) is 0 Å². The molecule has 5 heteroatoms. The van der Waals surface area contributed by atoms with Gasteiger partial charge in [0.15, 0.2) is 5.65 Å². The minimum atomic E-state index is 0.194. The van der Waals surface area contributed by atoms with E-state index in [9.17, 15) is 5.11 Å². The van der Waals surface area contributed by atoms with Crippen molar-refractivity contribution in [1.82, 2.24) is 14.8 Å². The molecular weight excluding hydrogens is 310 g/mol. The van der Waals surface area contributed by atoms with E-state index in [1.165, 1.54) is 0 Å². The molecule has 0 saturated heterocycles. The first kappa shape index (κ1) is 15.8. The van der Waals surface area contributed by atoms with Crippen molar-refractivity contribution in [3.63, 3.8) is 0 Å². The molecule has 0 radical (unpaired) electrons. The Morgan fingerprint density at radius 1 is 1.30 bits per heavy atom. The second kappa shape index (κ2) is 5.85. The van der Waals surface area contributed by atoms with Crippen LogP contribution in [0.25, 0.3) is 22.3 Å². The Bertz CT molecular complexity index is 884. The van der Waals surface area contributed by atoms with Crippen LogP contribution in [0, 0.1) is 6.92 Å². The number of aromatic nitrogens is 3. The molecule has 2 heterocycles. The predicted octanol–water partition coefficient (Wildman–Crippen LogP) is 4.91. The number of nitrogens with zero attached hydrogens (tertiary/aromatic N) is 3. The van der Waals surface area contributed by atoms with Gasteiger partial charge in [0.1, 0.15) is 5.75 Å². The maximum atomic E-state index is 9.79. The number of aryl methyl sites for hydroxylation is 1. The Morgan fingerprint density at radius 2 is 2.04 bits per heavy atom. The second-order valence-corrected chi connectivity index (χ2v) is 6.36. The normalized spacial score (nSPS) is 11.6. The summed E-state index contributed by atoms with van der Waals surface area (Å²) in [6, 6.07) is 7.31. The number of fused-ring (bicyclic) bond motifs is 1. The fourth-order valence-corrected chi connectivity index (χ4v) is 3.35. The van der Waals surface area contributed by atoms with Crippen molar-refractivity contribution in [3.8, 4) is 17.0 Å². The van der Waals surface area contributed by atoms with Crippen molar-refractivity contribution >= 4 is 22.6 Å². The van der Waals surface area contributed by atoms with E-state index in [1.54, 1.807) is 12.1 Å². The van der Waals surface area contributed by atoms with E-state index in [4.69, 9.17) is 16.6 Å². The van der Waals surface area contributed by atoms with Gasteiger partial charge in [-0.15, -0.1) is 0 Å². The SMILES string of the molecule is CCc1c(-c2cccc(O)c2)nc2c(c(C)nn2C(C)C)c1Cl. The van der Waals surface area contributed by atoms with E-state index in [0.717, 1.165) is 40.0 Å². The summed E-state index contributed by atoms with van der Waals surface area (Å²) in [5.74, 6) is 0.219. The van der Waals surface area contributed by atoms with Gasteiger partial charge in [-0.3, -0.25) is 0 Å². The zero-order valence-electron chi connectivity index (χ0n) is 13.8. The summed E-state index contributed by atoms with van der Waals surface area (Å²) in [4.78, 5) is 4.87. The molecule has 1 N–H and O–H groups in total. The largest absolute Gasteiger partial charge is 0.508 e. The third kappa shape index (κ3) is 2.57. The summed E-state index contributed by atoms with van der Waals surface area (Å²) in [5.41, 5.74) is 4.33. The molecule has 4 nitrogen and oxygen atoms in total. The van der Waals surface area contributed by atoms with Gasteiger partial charge >= 0.3 is 0 Å². The first-order valence-electron chi connectivity index (χ1n) is 7.80. The van der Waals surface area contributed by atoms with Crippen LogP contribution >= 0.6 is 11.6 Å². The van der Waals surface area contributed by atoms with Crippen molar-refractivity contribution in [3.05, 3.63) is 40.5 Å². The molecule has 0 aliphatic heterocycles. The highest BCUT2D eigenvalue weighted by atomic mass is 35.5. The van der Waals surface area contributed by atoms with Gasteiger partial charge in [0, 0.05) is 11.6 Å². The molecule has 120 valence electrons. The molecule has 0 bridgehead atoms. The number of phenolic OH excluding ortho intramolecular Hbond substituents is 1. The van der Waals surface area contributed by atoms with Crippen LogP contribution in [0.1, 0.15) is 38.1 Å². The third-order valence-electron chi connectivity index (χ3n) is 4.01. The van der Waals surface area contributed by atoms with Crippen LogP contribution in [-0.2, 0) is 6.42 Å². The highest BCUT2D eigenvalue weighted by Gasteiger charge is 2.20. The fraction of sp³-hybridized carbons (Fsp3) is 0.333. The van der Waals surface area contributed by atoms with Crippen molar-refractivity contribution in [2.24, 2.45) is 0 Å². The molecule has 2 aromatic heterocycles. The van der Waals surface area contributed by atoms with E-state index in [1.807, 2.05) is 23.7 Å². The summed E-state index contributed by atoms with van der Waals surface area (Å²) in [6.45, 7) is 8.16. The smallest absolute Gasteiger partial charge is 0.160 e. The summed E-state index contributed by atoms with van der Waals surface area (Å²) in [7, 11) is 0. The summed E-state index contributed by atoms with van der Waals surface area (Å²) < 4.78 is 1.91. The van der Waals surface area contributed by atoms with Gasteiger partial charge in [0.05, 0.1) is 21.8 Å². The van der Waals surface area contributed by atoms with Crippen molar-refractivity contribution < 1.29 is 5.11 Å². The molecule has 0 atom stereocenters. The lowest BCUT2D eigenvalue weighted by molar-refractivity contribution is 0.475. The molecule has 0 fully saturated rings. The van der Waals surface area contributed by atoms with Gasteiger partial charge in [0.2, 0.25) is 0 Å². The van der Waals surface area contributed by atoms with Gasteiger partial charge in [-0.2, -0.15) is 5.10 Å². The quantitative estimate of drug-likeness (QED) is 0.742. The van der Waals surface area contributed by atoms with Crippen molar-refractivity contribution in [1.29, 1.82) is 0 Å². The van der Waals surface area contributed by atoms with E-state index in [2.05, 4.69) is 25.9 Å². The van der Waals surface area contributed by atoms with E-state index in [0.29, 0.717) is 5.02 Å². The predicted molar refractivity (Wildman–Crippen MR) is 94.1 cm³/mol. The number of aromatic hydroxyl groups is 1. The lowest BCUT2D eigenvalue weighted by Crippen LogP contribution is -2.05. The van der Waals surface area contributed by atoms with E-state index in [-0.39, 0.29) is 11.8 Å². The van der Waals surface area contributed by atoms with E-state index < -0.39 is 0 Å². The van der Waals surface area contributed by atoms with Gasteiger partial charge < -0.3 is 5.11 Å². The molecule has 3 aromatic rings. The fourth-order valence-electron chi connectivity index (χ4n) is 2.90. The molecule has 0 aliphatic carbocycles. The van der Waals surface area contributed by atoms with Gasteiger partial charge in [-0.05, 0) is 44.9 Å². The van der Waals surface area contributed by atoms with Crippen molar-refractivity contribution in [2.75, 3.05) is 0 Å². The van der Waals surface area contributed by atoms with Crippen LogP contribution in [0.2, 0.25) is 5.02 Å². The number of halogens is 1. The topological polar surface area (TPSA) is 50.9 Å². The molecule has 0 amide bonds. The van der Waals surface area contributed by atoms with Gasteiger partial charge in [-0.1, -0.05) is 30.7 Å².